The van der Waals surface area contributed by atoms with Crippen LogP contribution in [0.3, 0.4) is 0 Å². The van der Waals surface area contributed by atoms with Gasteiger partial charge in [-0.15, -0.1) is 0 Å². The van der Waals surface area contributed by atoms with Gasteiger partial charge >= 0.3 is 0 Å². The Labute approximate surface area is 84.9 Å². The molecule has 14 heavy (non-hydrogen) atoms. The number of hydrogen-bond acceptors (Lipinski definition) is 3. The largest absolute Gasteiger partial charge is 0.451 e. The lowest BCUT2D eigenvalue weighted by Crippen LogP contribution is -2.42. The maximum atomic E-state index is 4.91. The van der Waals surface area contributed by atoms with Crippen LogP contribution in [0, 0.1) is 11.8 Å². The minimum Gasteiger partial charge on any atom is -0.451 e. The van der Waals surface area contributed by atoms with E-state index in [1.807, 2.05) is 0 Å². The normalized spacial score (nSPS) is 26.5. The second-order valence-electron chi connectivity index (χ2n) is 4.53. The molecule has 2 rings (SSSR count). The molecule has 1 N–H and O–H groups in total. The number of hydrogen-bond donors (Lipinski definition) is 1. The van der Waals surface area contributed by atoms with Crippen molar-refractivity contribution >= 4 is 0 Å². The molecule has 1 aliphatic rings. The van der Waals surface area contributed by atoms with Crippen LogP contribution in [0.1, 0.15) is 32.4 Å². The first-order valence-corrected chi connectivity index (χ1v) is 5.36. The van der Waals surface area contributed by atoms with E-state index in [9.17, 15) is 0 Å². The standard InChI is InChI=1S/C11H18N2O/c1-8(2)9-3-10(4-9)12-5-11-6-14-7-13-11/h6-10,12H,3-5H2,1-2H3. The fourth-order valence-electron chi connectivity index (χ4n) is 1.95. The van der Waals surface area contributed by atoms with Crippen molar-refractivity contribution in [1.82, 2.24) is 10.3 Å². The topological polar surface area (TPSA) is 38.1 Å². The molecule has 0 aromatic carbocycles. The zero-order valence-electron chi connectivity index (χ0n) is 8.86. The molecule has 1 aliphatic carbocycles. The Morgan fingerprint density at radius 1 is 1.57 bits per heavy atom. The smallest absolute Gasteiger partial charge is 0.180 e. The molecule has 0 atom stereocenters. The van der Waals surface area contributed by atoms with Crippen molar-refractivity contribution in [3.05, 3.63) is 18.4 Å². The van der Waals surface area contributed by atoms with Crippen LogP contribution in [0.2, 0.25) is 0 Å². The molecule has 0 saturated heterocycles. The Morgan fingerprint density at radius 2 is 2.36 bits per heavy atom. The first-order valence-electron chi connectivity index (χ1n) is 5.36. The molecule has 0 aliphatic heterocycles. The van der Waals surface area contributed by atoms with E-state index < -0.39 is 0 Å². The number of nitrogens with zero attached hydrogens (tertiary/aromatic N) is 1. The van der Waals surface area contributed by atoms with Gasteiger partial charge in [0.1, 0.15) is 6.26 Å². The average Bonchev–Trinajstić information content (AvgIpc) is 2.52. The molecule has 1 aromatic rings. The summed E-state index contributed by atoms with van der Waals surface area (Å²) in [6, 6.07) is 0.694. The van der Waals surface area contributed by atoms with E-state index in [0.717, 1.165) is 24.1 Å². The summed E-state index contributed by atoms with van der Waals surface area (Å²) < 4.78 is 4.91. The van der Waals surface area contributed by atoms with Crippen molar-refractivity contribution in [1.29, 1.82) is 0 Å². The molecule has 1 heterocycles. The minimum atomic E-state index is 0.694. The van der Waals surface area contributed by atoms with Crippen molar-refractivity contribution in [2.24, 2.45) is 11.8 Å². The highest BCUT2D eigenvalue weighted by Crippen LogP contribution is 2.33. The Balaban J connectivity index is 1.65. The SMILES string of the molecule is CC(C)C1CC(NCc2cocn2)C1. The zero-order chi connectivity index (χ0) is 9.97. The quantitative estimate of drug-likeness (QED) is 0.798. The molecular weight excluding hydrogens is 176 g/mol. The summed E-state index contributed by atoms with van der Waals surface area (Å²) in [6.07, 6.45) is 5.81. The number of aromatic nitrogens is 1. The molecule has 1 saturated carbocycles. The molecule has 78 valence electrons. The summed E-state index contributed by atoms with van der Waals surface area (Å²) in [5, 5.41) is 3.48. The van der Waals surface area contributed by atoms with Gasteiger partial charge < -0.3 is 9.73 Å². The summed E-state index contributed by atoms with van der Waals surface area (Å²) in [7, 11) is 0. The molecule has 0 spiro atoms. The van der Waals surface area contributed by atoms with Gasteiger partial charge in [-0.2, -0.15) is 0 Å². The number of nitrogens with one attached hydrogen (secondary N) is 1. The minimum absolute atomic E-state index is 0.694. The maximum Gasteiger partial charge on any atom is 0.180 e. The second kappa shape index (κ2) is 4.13. The van der Waals surface area contributed by atoms with Gasteiger partial charge in [0.2, 0.25) is 0 Å². The van der Waals surface area contributed by atoms with E-state index in [0.29, 0.717) is 6.04 Å². The number of rotatable bonds is 4. The third kappa shape index (κ3) is 2.15. The second-order valence-corrected chi connectivity index (χ2v) is 4.53. The monoisotopic (exact) mass is 194 g/mol. The first kappa shape index (κ1) is 9.71. The van der Waals surface area contributed by atoms with Crippen LogP contribution in [0.25, 0.3) is 0 Å². The molecule has 0 bridgehead atoms. The summed E-state index contributed by atoms with van der Waals surface area (Å²) >= 11 is 0. The lowest BCUT2D eigenvalue weighted by Gasteiger charge is -2.38. The van der Waals surface area contributed by atoms with Crippen molar-refractivity contribution in [3.8, 4) is 0 Å². The van der Waals surface area contributed by atoms with Crippen LogP contribution >= 0.6 is 0 Å². The van der Waals surface area contributed by atoms with Gasteiger partial charge in [0.25, 0.3) is 0 Å². The van der Waals surface area contributed by atoms with Crippen molar-refractivity contribution in [3.63, 3.8) is 0 Å². The van der Waals surface area contributed by atoms with E-state index in [1.54, 1.807) is 6.26 Å². The first-order chi connectivity index (χ1) is 6.75. The van der Waals surface area contributed by atoms with Crippen molar-refractivity contribution in [2.45, 2.75) is 39.3 Å². The van der Waals surface area contributed by atoms with Crippen LogP contribution in [0.5, 0.6) is 0 Å². The Hall–Kier alpha value is -0.830. The van der Waals surface area contributed by atoms with Crippen LogP contribution in [0.15, 0.2) is 17.1 Å². The van der Waals surface area contributed by atoms with Gasteiger partial charge in [-0.3, -0.25) is 0 Å². The van der Waals surface area contributed by atoms with Crippen molar-refractivity contribution in [2.75, 3.05) is 0 Å². The summed E-state index contributed by atoms with van der Waals surface area (Å²) in [6.45, 7) is 5.45. The highest BCUT2D eigenvalue weighted by molar-refractivity contribution is 4.93. The van der Waals surface area contributed by atoms with Gasteiger partial charge in [-0.05, 0) is 24.7 Å². The Bertz CT molecular complexity index is 263. The van der Waals surface area contributed by atoms with Crippen LogP contribution in [0.4, 0.5) is 0 Å². The molecule has 1 fully saturated rings. The van der Waals surface area contributed by atoms with Gasteiger partial charge in [0.05, 0.1) is 5.69 Å². The third-order valence-corrected chi connectivity index (χ3v) is 3.17. The lowest BCUT2D eigenvalue weighted by atomic mass is 9.74. The van der Waals surface area contributed by atoms with Crippen LogP contribution in [-0.2, 0) is 6.54 Å². The average molecular weight is 194 g/mol. The van der Waals surface area contributed by atoms with E-state index in [-0.39, 0.29) is 0 Å². The number of oxazole rings is 1. The maximum absolute atomic E-state index is 4.91. The predicted molar refractivity (Wildman–Crippen MR) is 54.7 cm³/mol. The fraction of sp³-hybridized carbons (Fsp3) is 0.727. The summed E-state index contributed by atoms with van der Waals surface area (Å²) in [4.78, 5) is 4.07. The van der Waals surface area contributed by atoms with E-state index in [2.05, 4.69) is 24.1 Å². The molecule has 3 nitrogen and oxygen atoms in total. The Morgan fingerprint density at radius 3 is 2.93 bits per heavy atom. The fourth-order valence-corrected chi connectivity index (χ4v) is 1.95. The molecule has 0 amide bonds. The van der Waals surface area contributed by atoms with E-state index >= 15 is 0 Å². The van der Waals surface area contributed by atoms with Gasteiger partial charge in [-0.25, -0.2) is 4.98 Å². The Kier molecular flexibility index (Phi) is 2.87. The van der Waals surface area contributed by atoms with Crippen LogP contribution in [-0.4, -0.2) is 11.0 Å². The van der Waals surface area contributed by atoms with E-state index in [4.69, 9.17) is 4.42 Å². The molecule has 0 unspecified atom stereocenters. The predicted octanol–water partition coefficient (Wildman–Crippen LogP) is 2.20. The van der Waals surface area contributed by atoms with Gasteiger partial charge in [0, 0.05) is 12.6 Å². The van der Waals surface area contributed by atoms with Gasteiger partial charge in [-0.1, -0.05) is 13.8 Å². The van der Waals surface area contributed by atoms with Crippen LogP contribution < -0.4 is 5.32 Å². The molecule has 0 radical (unpaired) electrons. The highest BCUT2D eigenvalue weighted by atomic mass is 16.3. The summed E-state index contributed by atoms with van der Waals surface area (Å²) in [5.41, 5.74) is 0.998. The molecule has 1 aromatic heterocycles. The van der Waals surface area contributed by atoms with Crippen molar-refractivity contribution < 1.29 is 4.42 Å². The lowest BCUT2D eigenvalue weighted by molar-refractivity contribution is 0.167. The highest BCUT2D eigenvalue weighted by Gasteiger charge is 2.30. The summed E-state index contributed by atoms with van der Waals surface area (Å²) in [5.74, 6) is 1.75. The van der Waals surface area contributed by atoms with Gasteiger partial charge in [0.15, 0.2) is 6.39 Å². The zero-order valence-corrected chi connectivity index (χ0v) is 8.86. The molecular formula is C11H18N2O. The third-order valence-electron chi connectivity index (χ3n) is 3.17. The molecule has 3 heteroatoms. The van der Waals surface area contributed by atoms with E-state index in [1.165, 1.54) is 19.2 Å².